The Labute approximate surface area is 197 Å². The molecule has 2 fully saturated rings. The average Bonchev–Trinajstić information content (AvgIpc) is 3.40. The molecule has 1 N–H and O–H groups in total. The van der Waals surface area contributed by atoms with Crippen LogP contribution >= 0.6 is 0 Å². The molecule has 0 radical (unpaired) electrons. The molecule has 0 bridgehead atoms. The van der Waals surface area contributed by atoms with E-state index in [-0.39, 0.29) is 5.91 Å². The van der Waals surface area contributed by atoms with Crippen molar-refractivity contribution in [2.45, 2.75) is 39.0 Å². The van der Waals surface area contributed by atoms with Crippen molar-refractivity contribution in [2.75, 3.05) is 39.3 Å². The number of carbonyl (C=O) groups excluding carboxylic acids is 1. The van der Waals surface area contributed by atoms with Crippen molar-refractivity contribution in [1.29, 1.82) is 0 Å². The minimum absolute atomic E-state index is 0.0718. The third-order valence-electron chi connectivity index (χ3n) is 7.78. The van der Waals surface area contributed by atoms with Crippen LogP contribution in [-0.2, 0) is 0 Å². The lowest BCUT2D eigenvalue weighted by atomic mass is 9.78. The van der Waals surface area contributed by atoms with Gasteiger partial charge in [0.2, 0.25) is 0 Å². The second-order valence-corrected chi connectivity index (χ2v) is 9.89. The van der Waals surface area contributed by atoms with E-state index in [1.165, 1.54) is 36.7 Å². The Bertz CT molecular complexity index is 994. The molecule has 33 heavy (non-hydrogen) atoms. The van der Waals surface area contributed by atoms with E-state index in [2.05, 4.69) is 56.7 Å². The van der Waals surface area contributed by atoms with Crippen LogP contribution in [0.25, 0.3) is 0 Å². The van der Waals surface area contributed by atoms with Gasteiger partial charge in [0.05, 0.1) is 17.0 Å². The summed E-state index contributed by atoms with van der Waals surface area (Å²) in [7, 11) is 0. The van der Waals surface area contributed by atoms with Crippen LogP contribution in [0, 0.1) is 25.7 Å². The van der Waals surface area contributed by atoms with E-state index in [9.17, 15) is 4.79 Å². The second kappa shape index (κ2) is 9.64. The molecule has 174 valence electrons. The van der Waals surface area contributed by atoms with Crippen molar-refractivity contribution < 1.29 is 4.79 Å². The zero-order valence-corrected chi connectivity index (χ0v) is 19.8. The molecule has 0 saturated carbocycles. The quantitative estimate of drug-likeness (QED) is 0.737. The summed E-state index contributed by atoms with van der Waals surface area (Å²) in [6.45, 7) is 9.70. The van der Waals surface area contributed by atoms with Crippen LogP contribution in [0.1, 0.15) is 52.5 Å². The SMILES string of the molecule is Cc1ncnc(C)c1C(=O)N1CC2=CN(CCC(c3ccccc3)C3CCNCC3)CC2C1. The van der Waals surface area contributed by atoms with Crippen LogP contribution in [-0.4, -0.2) is 64.9 Å². The van der Waals surface area contributed by atoms with Gasteiger partial charge in [-0.25, -0.2) is 9.97 Å². The van der Waals surface area contributed by atoms with Crippen LogP contribution < -0.4 is 5.32 Å². The highest BCUT2D eigenvalue weighted by molar-refractivity contribution is 5.96. The first-order valence-corrected chi connectivity index (χ1v) is 12.4. The van der Waals surface area contributed by atoms with E-state index in [0.717, 1.165) is 56.6 Å². The van der Waals surface area contributed by atoms with Crippen LogP contribution in [0.4, 0.5) is 0 Å². The molecule has 6 heteroatoms. The third kappa shape index (κ3) is 4.67. The Hall–Kier alpha value is -2.73. The number of fused-ring (bicyclic) bond motifs is 1. The lowest BCUT2D eigenvalue weighted by molar-refractivity contribution is 0.0782. The zero-order chi connectivity index (χ0) is 22.8. The number of carbonyl (C=O) groups is 1. The maximum Gasteiger partial charge on any atom is 0.257 e. The Balaban J connectivity index is 1.22. The molecular formula is C27H35N5O. The summed E-state index contributed by atoms with van der Waals surface area (Å²) in [5.41, 5.74) is 5.09. The Morgan fingerprint density at radius 3 is 2.52 bits per heavy atom. The highest BCUT2D eigenvalue weighted by Gasteiger charge is 2.37. The number of piperidine rings is 1. The normalized spacial score (nSPS) is 21.8. The minimum atomic E-state index is 0.0718. The minimum Gasteiger partial charge on any atom is -0.377 e. The first kappa shape index (κ1) is 22.1. The van der Waals surface area contributed by atoms with Gasteiger partial charge < -0.3 is 15.1 Å². The van der Waals surface area contributed by atoms with Crippen molar-refractivity contribution in [1.82, 2.24) is 25.1 Å². The molecule has 3 aliphatic rings. The van der Waals surface area contributed by atoms with E-state index >= 15 is 0 Å². The van der Waals surface area contributed by atoms with E-state index in [4.69, 9.17) is 0 Å². The fourth-order valence-electron chi connectivity index (χ4n) is 5.99. The van der Waals surface area contributed by atoms with Gasteiger partial charge in [0.1, 0.15) is 6.33 Å². The summed E-state index contributed by atoms with van der Waals surface area (Å²) in [4.78, 5) is 26.1. The largest absolute Gasteiger partial charge is 0.377 e. The number of benzene rings is 1. The van der Waals surface area contributed by atoms with Crippen LogP contribution in [0.15, 0.2) is 48.4 Å². The number of likely N-dealkylation sites (tertiary alicyclic amines) is 1. The highest BCUT2D eigenvalue weighted by Crippen LogP contribution is 2.36. The smallest absolute Gasteiger partial charge is 0.257 e. The second-order valence-electron chi connectivity index (χ2n) is 9.89. The molecule has 2 unspecified atom stereocenters. The number of nitrogens with zero attached hydrogens (tertiary/aromatic N) is 4. The molecule has 1 amide bonds. The molecular weight excluding hydrogens is 410 g/mol. The van der Waals surface area contributed by atoms with Gasteiger partial charge in [-0.3, -0.25) is 4.79 Å². The first-order valence-electron chi connectivity index (χ1n) is 12.4. The molecule has 3 aliphatic heterocycles. The molecule has 6 nitrogen and oxygen atoms in total. The van der Waals surface area contributed by atoms with Gasteiger partial charge in [0.25, 0.3) is 5.91 Å². The van der Waals surface area contributed by atoms with Crippen LogP contribution in [0.3, 0.4) is 0 Å². The van der Waals surface area contributed by atoms with Crippen molar-refractivity contribution in [3.8, 4) is 0 Å². The monoisotopic (exact) mass is 445 g/mol. The van der Waals surface area contributed by atoms with Crippen molar-refractivity contribution >= 4 is 5.91 Å². The molecule has 0 spiro atoms. The molecule has 5 rings (SSSR count). The topological polar surface area (TPSA) is 61.4 Å². The number of aryl methyl sites for hydroxylation is 2. The van der Waals surface area contributed by atoms with Crippen LogP contribution in [0.2, 0.25) is 0 Å². The lowest BCUT2D eigenvalue weighted by Crippen LogP contribution is -2.34. The number of rotatable bonds is 6. The molecule has 2 aromatic rings. The van der Waals surface area contributed by atoms with Crippen LogP contribution in [0.5, 0.6) is 0 Å². The van der Waals surface area contributed by atoms with Gasteiger partial charge in [0.15, 0.2) is 0 Å². The van der Waals surface area contributed by atoms with E-state index < -0.39 is 0 Å². The maximum absolute atomic E-state index is 13.1. The number of aromatic nitrogens is 2. The van der Waals surface area contributed by atoms with Crippen molar-refractivity contribution in [3.63, 3.8) is 0 Å². The summed E-state index contributed by atoms with van der Waals surface area (Å²) in [6, 6.07) is 11.1. The third-order valence-corrected chi connectivity index (χ3v) is 7.78. The highest BCUT2D eigenvalue weighted by atomic mass is 16.2. The van der Waals surface area contributed by atoms with Gasteiger partial charge in [-0.2, -0.15) is 0 Å². The van der Waals surface area contributed by atoms with Gasteiger partial charge in [0, 0.05) is 38.3 Å². The summed E-state index contributed by atoms with van der Waals surface area (Å²) < 4.78 is 0. The lowest BCUT2D eigenvalue weighted by Gasteiger charge is -2.32. The van der Waals surface area contributed by atoms with E-state index in [1.807, 2.05) is 18.7 Å². The van der Waals surface area contributed by atoms with Crippen molar-refractivity contribution in [2.24, 2.45) is 11.8 Å². The number of hydrogen-bond donors (Lipinski definition) is 1. The summed E-state index contributed by atoms with van der Waals surface area (Å²) in [6.07, 6.45) is 7.59. The molecule has 4 heterocycles. The maximum atomic E-state index is 13.1. The summed E-state index contributed by atoms with van der Waals surface area (Å²) >= 11 is 0. The van der Waals surface area contributed by atoms with Gasteiger partial charge in [-0.05, 0) is 69.2 Å². The first-order chi connectivity index (χ1) is 16.1. The number of nitrogens with one attached hydrogen (secondary N) is 1. The molecule has 0 aliphatic carbocycles. The average molecular weight is 446 g/mol. The fraction of sp³-hybridized carbons (Fsp3) is 0.519. The van der Waals surface area contributed by atoms with Crippen molar-refractivity contribution in [3.05, 3.63) is 70.9 Å². The molecule has 1 aromatic heterocycles. The summed E-state index contributed by atoms with van der Waals surface area (Å²) in [5, 5.41) is 3.52. The summed E-state index contributed by atoms with van der Waals surface area (Å²) in [5.74, 6) is 1.90. The molecule has 2 atom stereocenters. The Morgan fingerprint density at radius 1 is 1.09 bits per heavy atom. The number of amides is 1. The van der Waals surface area contributed by atoms with E-state index in [0.29, 0.717) is 17.4 Å². The number of hydrogen-bond acceptors (Lipinski definition) is 5. The Kier molecular flexibility index (Phi) is 6.45. The predicted octanol–water partition coefficient (Wildman–Crippen LogP) is 3.54. The predicted molar refractivity (Wildman–Crippen MR) is 130 cm³/mol. The van der Waals surface area contributed by atoms with E-state index in [1.54, 1.807) is 0 Å². The zero-order valence-electron chi connectivity index (χ0n) is 19.8. The van der Waals surface area contributed by atoms with Gasteiger partial charge in [-0.15, -0.1) is 0 Å². The molecule has 1 aromatic carbocycles. The van der Waals surface area contributed by atoms with Gasteiger partial charge in [-0.1, -0.05) is 30.3 Å². The standard InChI is InChI=1S/C27H35N5O/c1-19-26(20(2)30-18-29-19)27(33)32-16-23-14-31(15-24(23)17-32)13-10-25(21-6-4-3-5-7-21)22-8-11-28-12-9-22/h3-7,14,18,22,24-25,28H,8-13,15-17H2,1-2H3. The molecule has 2 saturated heterocycles. The Morgan fingerprint density at radius 2 is 1.82 bits per heavy atom. The fourth-order valence-corrected chi connectivity index (χ4v) is 5.99. The van der Waals surface area contributed by atoms with Gasteiger partial charge >= 0.3 is 0 Å².